The maximum Gasteiger partial charge on any atom is 0.471 e. The number of rotatable bonds is 1. The Hall–Kier alpha value is -1.50. The predicted octanol–water partition coefficient (Wildman–Crippen LogP) is 1.44. The first-order valence-electron chi connectivity index (χ1n) is 4.52. The van der Waals surface area contributed by atoms with Gasteiger partial charge in [-0.25, -0.2) is 0 Å². The van der Waals surface area contributed by atoms with E-state index in [0.717, 1.165) is 0 Å². The van der Waals surface area contributed by atoms with Gasteiger partial charge in [0.05, 0.1) is 12.3 Å². The van der Waals surface area contributed by atoms with Crippen LogP contribution in [0, 0.1) is 0 Å². The molecule has 0 bridgehead atoms. The number of carbonyl (C=O) groups excluding carboxylic acids is 1. The number of furan rings is 1. The van der Waals surface area contributed by atoms with Gasteiger partial charge in [0, 0.05) is 12.0 Å². The Morgan fingerprint density at radius 2 is 2.25 bits per heavy atom. The monoisotopic (exact) mass is 235 g/mol. The number of aliphatic hydroxyl groups excluding tert-OH is 1. The molecule has 0 aliphatic heterocycles. The summed E-state index contributed by atoms with van der Waals surface area (Å²) in [5, 5.41) is 11.2. The fourth-order valence-corrected chi connectivity index (χ4v) is 1.72. The Balaban J connectivity index is 2.12. The summed E-state index contributed by atoms with van der Waals surface area (Å²) >= 11 is 0. The quantitative estimate of drug-likeness (QED) is 0.774. The van der Waals surface area contributed by atoms with E-state index in [1.165, 1.54) is 12.3 Å². The SMILES string of the molecule is O=C(N[C@@H]1C[C@@H](O)c2occc21)C(F)(F)F. The second-order valence-electron chi connectivity index (χ2n) is 3.52. The molecule has 1 amide bonds. The molecule has 0 unspecified atom stereocenters. The highest BCUT2D eigenvalue weighted by atomic mass is 19.4. The summed E-state index contributed by atoms with van der Waals surface area (Å²) in [7, 11) is 0. The van der Waals surface area contributed by atoms with Crippen molar-refractivity contribution in [3.05, 3.63) is 23.7 Å². The molecule has 0 radical (unpaired) electrons. The van der Waals surface area contributed by atoms with Crippen LogP contribution >= 0.6 is 0 Å². The molecule has 0 fully saturated rings. The van der Waals surface area contributed by atoms with Gasteiger partial charge in [0.2, 0.25) is 0 Å². The molecule has 0 spiro atoms. The van der Waals surface area contributed by atoms with Crippen molar-refractivity contribution in [3.63, 3.8) is 0 Å². The third-order valence-electron chi connectivity index (χ3n) is 2.43. The van der Waals surface area contributed by atoms with Crippen LogP contribution in [0.2, 0.25) is 0 Å². The lowest BCUT2D eigenvalue weighted by molar-refractivity contribution is -0.174. The van der Waals surface area contributed by atoms with Crippen LogP contribution in [-0.2, 0) is 4.79 Å². The highest BCUT2D eigenvalue weighted by Gasteiger charge is 2.42. The molecule has 0 aromatic carbocycles. The van der Waals surface area contributed by atoms with E-state index >= 15 is 0 Å². The van der Waals surface area contributed by atoms with E-state index < -0.39 is 24.2 Å². The van der Waals surface area contributed by atoms with Gasteiger partial charge in [-0.15, -0.1) is 0 Å². The number of nitrogens with one attached hydrogen (secondary N) is 1. The lowest BCUT2D eigenvalue weighted by Gasteiger charge is -2.14. The fourth-order valence-electron chi connectivity index (χ4n) is 1.72. The summed E-state index contributed by atoms with van der Waals surface area (Å²) in [4.78, 5) is 10.7. The van der Waals surface area contributed by atoms with Gasteiger partial charge in [0.1, 0.15) is 11.9 Å². The smallest absolute Gasteiger partial charge is 0.466 e. The van der Waals surface area contributed by atoms with Crippen LogP contribution in [0.5, 0.6) is 0 Å². The standard InChI is InChI=1S/C9H8F3NO3/c10-9(11,12)8(15)13-5-3-6(14)7-4(5)1-2-16-7/h1-2,5-6,14H,3H2,(H,13,15)/t5-,6-/m1/s1. The van der Waals surface area contributed by atoms with E-state index in [1.54, 1.807) is 0 Å². The second-order valence-corrected chi connectivity index (χ2v) is 3.52. The van der Waals surface area contributed by atoms with E-state index in [1.807, 2.05) is 5.32 Å². The number of fused-ring (bicyclic) bond motifs is 1. The minimum Gasteiger partial charge on any atom is -0.466 e. The third-order valence-corrected chi connectivity index (χ3v) is 2.43. The van der Waals surface area contributed by atoms with E-state index in [2.05, 4.69) is 0 Å². The largest absolute Gasteiger partial charge is 0.471 e. The molecular formula is C9H8F3NO3. The molecular weight excluding hydrogens is 227 g/mol. The number of aliphatic hydroxyl groups is 1. The van der Waals surface area contributed by atoms with E-state index in [-0.39, 0.29) is 12.2 Å². The summed E-state index contributed by atoms with van der Waals surface area (Å²) in [6.45, 7) is 0. The van der Waals surface area contributed by atoms with Crippen LogP contribution < -0.4 is 5.32 Å². The maximum absolute atomic E-state index is 12.0. The topological polar surface area (TPSA) is 62.5 Å². The first kappa shape index (κ1) is 11.0. The van der Waals surface area contributed by atoms with Crippen molar-refractivity contribution in [1.29, 1.82) is 0 Å². The number of hydrogen-bond acceptors (Lipinski definition) is 3. The van der Waals surface area contributed by atoms with Crippen LogP contribution in [-0.4, -0.2) is 17.2 Å². The molecule has 0 saturated carbocycles. The predicted molar refractivity (Wildman–Crippen MR) is 45.2 cm³/mol. The molecule has 7 heteroatoms. The number of hydrogen-bond donors (Lipinski definition) is 2. The van der Waals surface area contributed by atoms with Crippen LogP contribution in [0.1, 0.15) is 29.9 Å². The number of alkyl halides is 3. The zero-order valence-corrected chi connectivity index (χ0v) is 7.91. The number of halogens is 3. The fraction of sp³-hybridized carbons (Fsp3) is 0.444. The van der Waals surface area contributed by atoms with Crippen molar-refractivity contribution >= 4 is 5.91 Å². The van der Waals surface area contributed by atoms with Crippen molar-refractivity contribution in [3.8, 4) is 0 Å². The first-order chi connectivity index (χ1) is 7.39. The van der Waals surface area contributed by atoms with Gasteiger partial charge in [0.15, 0.2) is 0 Å². The molecule has 2 atom stereocenters. The van der Waals surface area contributed by atoms with Gasteiger partial charge < -0.3 is 14.8 Å². The summed E-state index contributed by atoms with van der Waals surface area (Å²) < 4.78 is 40.9. The average molecular weight is 235 g/mol. The van der Waals surface area contributed by atoms with Crippen LogP contribution in [0.4, 0.5) is 13.2 Å². The van der Waals surface area contributed by atoms with Crippen LogP contribution in [0.25, 0.3) is 0 Å². The van der Waals surface area contributed by atoms with Gasteiger partial charge in [-0.1, -0.05) is 0 Å². The maximum atomic E-state index is 12.0. The zero-order chi connectivity index (χ0) is 11.9. The van der Waals surface area contributed by atoms with Crippen LogP contribution in [0.3, 0.4) is 0 Å². The normalized spacial score (nSPS) is 24.2. The van der Waals surface area contributed by atoms with Gasteiger partial charge >= 0.3 is 12.1 Å². The molecule has 1 aromatic rings. The lowest BCUT2D eigenvalue weighted by atomic mass is 10.2. The van der Waals surface area contributed by atoms with E-state index in [4.69, 9.17) is 4.42 Å². The zero-order valence-electron chi connectivity index (χ0n) is 7.91. The number of carbonyl (C=O) groups is 1. The molecule has 1 aliphatic rings. The van der Waals surface area contributed by atoms with Gasteiger partial charge in [-0.2, -0.15) is 13.2 Å². The Bertz CT molecular complexity index is 412. The molecule has 1 aliphatic carbocycles. The molecule has 0 saturated heterocycles. The average Bonchev–Trinajstić information content (AvgIpc) is 2.70. The Labute approximate surface area is 88.0 Å². The minimum atomic E-state index is -4.92. The summed E-state index contributed by atoms with van der Waals surface area (Å²) in [5.74, 6) is -1.80. The number of amides is 1. The second kappa shape index (κ2) is 3.51. The molecule has 2 rings (SSSR count). The van der Waals surface area contributed by atoms with Gasteiger partial charge in [-0.3, -0.25) is 4.79 Å². The van der Waals surface area contributed by atoms with Crippen molar-refractivity contribution < 1.29 is 27.5 Å². The highest BCUT2D eigenvalue weighted by Crippen LogP contribution is 2.39. The molecule has 2 N–H and O–H groups in total. The van der Waals surface area contributed by atoms with Crippen molar-refractivity contribution in [1.82, 2.24) is 5.32 Å². The van der Waals surface area contributed by atoms with Crippen molar-refractivity contribution in [2.75, 3.05) is 0 Å². The lowest BCUT2D eigenvalue weighted by Crippen LogP contribution is -2.38. The van der Waals surface area contributed by atoms with E-state index in [0.29, 0.717) is 5.56 Å². The van der Waals surface area contributed by atoms with Crippen LogP contribution in [0.15, 0.2) is 16.7 Å². The Kier molecular flexibility index (Phi) is 2.42. The van der Waals surface area contributed by atoms with E-state index in [9.17, 15) is 23.1 Å². The van der Waals surface area contributed by atoms with Crippen molar-refractivity contribution in [2.24, 2.45) is 0 Å². The first-order valence-corrected chi connectivity index (χ1v) is 4.52. The summed E-state index contributed by atoms with van der Waals surface area (Å²) in [6, 6.07) is 0.588. The highest BCUT2D eigenvalue weighted by molar-refractivity contribution is 5.82. The Morgan fingerprint density at radius 3 is 2.88 bits per heavy atom. The molecule has 16 heavy (non-hydrogen) atoms. The minimum absolute atomic E-state index is 0.00315. The van der Waals surface area contributed by atoms with Crippen molar-refractivity contribution in [2.45, 2.75) is 24.7 Å². The molecule has 1 heterocycles. The third kappa shape index (κ3) is 1.78. The molecule has 88 valence electrons. The molecule has 1 aromatic heterocycles. The molecule has 4 nitrogen and oxygen atoms in total. The summed E-state index contributed by atoms with van der Waals surface area (Å²) in [6.07, 6.45) is -4.63. The summed E-state index contributed by atoms with van der Waals surface area (Å²) in [5.41, 5.74) is 0.394. The Morgan fingerprint density at radius 1 is 1.56 bits per heavy atom. The van der Waals surface area contributed by atoms with Gasteiger partial charge in [-0.05, 0) is 6.07 Å². The van der Waals surface area contributed by atoms with Gasteiger partial charge in [0.25, 0.3) is 0 Å².